The molecule has 0 unspecified atom stereocenters. The van der Waals surface area contributed by atoms with Crippen molar-refractivity contribution in [3.8, 4) is 0 Å². The van der Waals surface area contributed by atoms with Gasteiger partial charge in [-0.1, -0.05) is 0 Å². The number of rotatable bonds is 2. The molecule has 2 rings (SSSR count). The summed E-state index contributed by atoms with van der Waals surface area (Å²) in [7, 11) is 0. The number of Topliss-reactive ketones (excluding diaryl/α,β-unsaturated/α-hetero) is 1. The van der Waals surface area contributed by atoms with Gasteiger partial charge in [-0.05, 0) is 45.4 Å². The molecule has 1 aromatic carbocycles. The maximum absolute atomic E-state index is 13.2. The second-order valence-corrected chi connectivity index (χ2v) is 6.41. The van der Waals surface area contributed by atoms with Gasteiger partial charge in [-0.3, -0.25) is 4.79 Å². The van der Waals surface area contributed by atoms with Crippen LogP contribution >= 0.6 is 0 Å². The lowest BCUT2D eigenvalue weighted by Crippen LogP contribution is -2.35. The molecule has 1 aliphatic rings. The standard InChI is InChI=1S/C16H19F2NO3/c1-16(2,3)22-15(21)19-7-6-11(9-19)14(20)10-4-5-12(17)13(18)8-10/h4-5,8,11H,6-7,9H2,1-3H3/t11-/m1/s1. The highest BCUT2D eigenvalue weighted by molar-refractivity contribution is 5.98. The molecule has 1 atom stereocenters. The van der Waals surface area contributed by atoms with Crippen LogP contribution in [-0.2, 0) is 4.74 Å². The van der Waals surface area contributed by atoms with E-state index in [1.54, 1.807) is 20.8 Å². The van der Waals surface area contributed by atoms with Crippen LogP contribution in [0.4, 0.5) is 13.6 Å². The molecule has 22 heavy (non-hydrogen) atoms. The molecule has 1 heterocycles. The average molecular weight is 311 g/mol. The van der Waals surface area contributed by atoms with Crippen molar-refractivity contribution in [3.63, 3.8) is 0 Å². The Balaban J connectivity index is 2.02. The molecule has 1 aromatic rings. The molecule has 0 bridgehead atoms. The maximum atomic E-state index is 13.2. The molecule has 1 fully saturated rings. The molecule has 0 saturated carbocycles. The smallest absolute Gasteiger partial charge is 0.410 e. The van der Waals surface area contributed by atoms with Gasteiger partial charge in [0.25, 0.3) is 0 Å². The van der Waals surface area contributed by atoms with Gasteiger partial charge >= 0.3 is 6.09 Å². The number of likely N-dealkylation sites (tertiary alicyclic amines) is 1. The van der Waals surface area contributed by atoms with E-state index in [2.05, 4.69) is 0 Å². The highest BCUT2D eigenvalue weighted by Crippen LogP contribution is 2.23. The quantitative estimate of drug-likeness (QED) is 0.786. The molecule has 6 heteroatoms. The summed E-state index contributed by atoms with van der Waals surface area (Å²) < 4.78 is 31.4. The third kappa shape index (κ3) is 3.81. The van der Waals surface area contributed by atoms with Crippen LogP contribution in [0.25, 0.3) is 0 Å². The Bertz CT molecular complexity index is 596. The highest BCUT2D eigenvalue weighted by Gasteiger charge is 2.33. The van der Waals surface area contributed by atoms with Gasteiger partial charge in [-0.15, -0.1) is 0 Å². The van der Waals surface area contributed by atoms with Crippen molar-refractivity contribution in [3.05, 3.63) is 35.4 Å². The molecule has 0 N–H and O–H groups in total. The number of nitrogens with zero attached hydrogens (tertiary/aromatic N) is 1. The summed E-state index contributed by atoms with van der Waals surface area (Å²) in [6.07, 6.45) is 0.0185. The molecule has 1 aliphatic heterocycles. The first-order chi connectivity index (χ1) is 10.2. The number of carbonyl (C=O) groups excluding carboxylic acids is 2. The molecular formula is C16H19F2NO3. The van der Waals surface area contributed by atoms with E-state index in [-0.39, 0.29) is 17.9 Å². The monoisotopic (exact) mass is 311 g/mol. The molecular weight excluding hydrogens is 292 g/mol. The van der Waals surface area contributed by atoms with Crippen LogP contribution in [0.2, 0.25) is 0 Å². The Kier molecular flexibility index (Phi) is 4.49. The number of hydrogen-bond acceptors (Lipinski definition) is 3. The first-order valence-electron chi connectivity index (χ1n) is 7.14. The molecule has 0 aromatic heterocycles. The number of hydrogen-bond donors (Lipinski definition) is 0. The minimum absolute atomic E-state index is 0.120. The zero-order chi connectivity index (χ0) is 16.5. The lowest BCUT2D eigenvalue weighted by Gasteiger charge is -2.24. The van der Waals surface area contributed by atoms with Gasteiger partial charge < -0.3 is 9.64 Å². The molecule has 1 amide bonds. The summed E-state index contributed by atoms with van der Waals surface area (Å²) >= 11 is 0. The Morgan fingerprint density at radius 3 is 2.50 bits per heavy atom. The topological polar surface area (TPSA) is 46.6 Å². The Labute approximate surface area is 128 Å². The van der Waals surface area contributed by atoms with Crippen molar-refractivity contribution in [2.45, 2.75) is 32.8 Å². The van der Waals surface area contributed by atoms with Crippen LogP contribution < -0.4 is 0 Å². The van der Waals surface area contributed by atoms with Crippen molar-refractivity contribution < 1.29 is 23.1 Å². The number of carbonyl (C=O) groups is 2. The molecule has 4 nitrogen and oxygen atoms in total. The molecule has 1 saturated heterocycles. The Morgan fingerprint density at radius 2 is 1.91 bits per heavy atom. The summed E-state index contributed by atoms with van der Waals surface area (Å²) in [5.41, 5.74) is -0.478. The van der Waals surface area contributed by atoms with Crippen molar-refractivity contribution in [2.24, 2.45) is 5.92 Å². The minimum Gasteiger partial charge on any atom is -0.444 e. The number of ether oxygens (including phenoxy) is 1. The van der Waals surface area contributed by atoms with Crippen LogP contribution in [0, 0.1) is 17.6 Å². The van der Waals surface area contributed by atoms with E-state index < -0.39 is 29.2 Å². The third-order valence-corrected chi connectivity index (χ3v) is 3.41. The van der Waals surface area contributed by atoms with E-state index in [0.29, 0.717) is 13.0 Å². The average Bonchev–Trinajstić information content (AvgIpc) is 2.89. The van der Waals surface area contributed by atoms with Gasteiger partial charge in [0.1, 0.15) is 5.60 Å². The Hall–Kier alpha value is -1.98. The number of halogens is 2. The molecule has 0 radical (unpaired) electrons. The van der Waals surface area contributed by atoms with E-state index in [1.807, 2.05) is 0 Å². The van der Waals surface area contributed by atoms with E-state index in [9.17, 15) is 18.4 Å². The van der Waals surface area contributed by atoms with Crippen molar-refractivity contribution in [1.82, 2.24) is 4.90 Å². The summed E-state index contributed by atoms with van der Waals surface area (Å²) in [6.45, 7) is 5.95. The summed E-state index contributed by atoms with van der Waals surface area (Å²) in [5, 5.41) is 0. The van der Waals surface area contributed by atoms with Gasteiger partial charge in [0.15, 0.2) is 17.4 Å². The van der Waals surface area contributed by atoms with Crippen molar-refractivity contribution in [2.75, 3.05) is 13.1 Å². The van der Waals surface area contributed by atoms with Crippen LogP contribution in [-0.4, -0.2) is 35.5 Å². The first kappa shape index (κ1) is 16.4. The van der Waals surface area contributed by atoms with Gasteiger partial charge in [0.05, 0.1) is 0 Å². The normalized spacial score (nSPS) is 18.4. The van der Waals surface area contributed by atoms with Crippen molar-refractivity contribution in [1.29, 1.82) is 0 Å². The number of amides is 1. The fourth-order valence-corrected chi connectivity index (χ4v) is 2.35. The van der Waals surface area contributed by atoms with Gasteiger partial charge in [0, 0.05) is 24.6 Å². The zero-order valence-corrected chi connectivity index (χ0v) is 12.9. The molecule has 0 aliphatic carbocycles. The zero-order valence-electron chi connectivity index (χ0n) is 12.9. The SMILES string of the molecule is CC(C)(C)OC(=O)N1CC[C@@H](C(=O)c2ccc(F)c(F)c2)C1. The van der Waals surface area contributed by atoms with Gasteiger partial charge in [-0.25, -0.2) is 13.6 Å². The second-order valence-electron chi connectivity index (χ2n) is 6.41. The van der Waals surface area contributed by atoms with E-state index in [4.69, 9.17) is 4.74 Å². The number of ketones is 1. The van der Waals surface area contributed by atoms with Crippen LogP contribution in [0.5, 0.6) is 0 Å². The predicted octanol–water partition coefficient (Wildman–Crippen LogP) is 3.40. The molecule has 0 spiro atoms. The van der Waals surface area contributed by atoms with E-state index in [1.165, 1.54) is 11.0 Å². The van der Waals surface area contributed by atoms with E-state index in [0.717, 1.165) is 12.1 Å². The minimum atomic E-state index is -1.05. The lowest BCUT2D eigenvalue weighted by molar-refractivity contribution is 0.0289. The second kappa shape index (κ2) is 6.02. The number of benzene rings is 1. The summed E-state index contributed by atoms with van der Waals surface area (Å²) in [5.74, 6) is -2.74. The van der Waals surface area contributed by atoms with Crippen LogP contribution in [0.3, 0.4) is 0 Å². The van der Waals surface area contributed by atoms with Crippen LogP contribution in [0.15, 0.2) is 18.2 Å². The van der Waals surface area contributed by atoms with Gasteiger partial charge in [0.2, 0.25) is 0 Å². The largest absolute Gasteiger partial charge is 0.444 e. The van der Waals surface area contributed by atoms with Crippen LogP contribution in [0.1, 0.15) is 37.6 Å². The fraction of sp³-hybridized carbons (Fsp3) is 0.500. The summed E-state index contributed by atoms with van der Waals surface area (Å²) in [6, 6.07) is 3.09. The van der Waals surface area contributed by atoms with Crippen molar-refractivity contribution >= 4 is 11.9 Å². The fourth-order valence-electron chi connectivity index (χ4n) is 2.35. The Morgan fingerprint density at radius 1 is 1.23 bits per heavy atom. The van der Waals surface area contributed by atoms with Gasteiger partial charge in [-0.2, -0.15) is 0 Å². The maximum Gasteiger partial charge on any atom is 0.410 e. The predicted molar refractivity (Wildman–Crippen MR) is 76.6 cm³/mol. The highest BCUT2D eigenvalue weighted by atomic mass is 19.2. The first-order valence-corrected chi connectivity index (χ1v) is 7.14. The third-order valence-electron chi connectivity index (χ3n) is 3.41. The lowest BCUT2D eigenvalue weighted by atomic mass is 9.97. The molecule has 120 valence electrons. The summed E-state index contributed by atoms with van der Waals surface area (Å²) in [4.78, 5) is 25.7. The van der Waals surface area contributed by atoms with E-state index >= 15 is 0 Å².